The Morgan fingerprint density at radius 2 is 1.62 bits per heavy atom. The number of nitro benzene ring substituents is 1. The van der Waals surface area contributed by atoms with E-state index in [1.807, 2.05) is 0 Å². The quantitative estimate of drug-likeness (QED) is 0.474. The first kappa shape index (κ1) is 14.1. The van der Waals surface area contributed by atoms with Crippen LogP contribution in [0.5, 0.6) is 0 Å². The van der Waals surface area contributed by atoms with Crippen LogP contribution in [0.2, 0.25) is 0 Å². The van der Waals surface area contributed by atoms with Crippen molar-refractivity contribution in [1.82, 2.24) is 0 Å². The molecule has 0 unspecified atom stereocenters. The normalized spacial score (nSPS) is 39.0. The van der Waals surface area contributed by atoms with Crippen LogP contribution < -0.4 is 4.90 Å². The maximum Gasteiger partial charge on any atom is 0.306 e. The fourth-order valence-corrected chi connectivity index (χ4v) is 5.57. The number of nitro groups is 1. The van der Waals surface area contributed by atoms with Crippen LogP contribution in [-0.2, 0) is 9.59 Å². The van der Waals surface area contributed by atoms with Crippen molar-refractivity contribution in [2.24, 2.45) is 35.5 Å². The number of rotatable bonds is 2. The lowest BCUT2D eigenvalue weighted by Crippen LogP contribution is -2.43. The van der Waals surface area contributed by atoms with Gasteiger partial charge in [-0.2, -0.15) is 4.39 Å². The molecule has 1 aliphatic heterocycles. The highest BCUT2D eigenvalue weighted by Crippen LogP contribution is 2.68. The summed E-state index contributed by atoms with van der Waals surface area (Å²) in [5.41, 5.74) is -0.602. The molecule has 0 spiro atoms. The van der Waals surface area contributed by atoms with E-state index in [1.165, 1.54) is 6.07 Å². The fourth-order valence-electron chi connectivity index (χ4n) is 5.57. The lowest BCUT2D eigenvalue weighted by atomic mass is 9.59. The SMILES string of the molecule is O=C1[C@@H]2[C@@H]3CC[C@@H]([C@H]4C[C@H]43)[C@@H]2C(=O)N1c1ccc(F)c([N+](=O)[O-])c1. The first-order valence-electron chi connectivity index (χ1n) is 8.31. The van der Waals surface area contributed by atoms with Crippen LogP contribution in [0.3, 0.4) is 0 Å². The maximum atomic E-state index is 13.6. The number of carbonyl (C=O) groups excluding carboxylic acids is 2. The van der Waals surface area contributed by atoms with Crippen LogP contribution in [0.4, 0.5) is 15.8 Å². The number of benzene rings is 1. The zero-order valence-corrected chi connectivity index (χ0v) is 12.7. The van der Waals surface area contributed by atoms with E-state index in [4.69, 9.17) is 0 Å². The molecule has 24 heavy (non-hydrogen) atoms. The van der Waals surface area contributed by atoms with Crippen molar-refractivity contribution in [3.63, 3.8) is 0 Å². The van der Waals surface area contributed by atoms with Gasteiger partial charge in [0.15, 0.2) is 0 Å². The Kier molecular flexibility index (Phi) is 2.58. The van der Waals surface area contributed by atoms with Crippen molar-refractivity contribution in [3.05, 3.63) is 34.1 Å². The van der Waals surface area contributed by atoms with Gasteiger partial charge in [0.1, 0.15) is 0 Å². The third-order valence-electron chi connectivity index (χ3n) is 6.53. The number of imide groups is 1. The number of amides is 2. The van der Waals surface area contributed by atoms with E-state index in [9.17, 15) is 24.1 Å². The molecule has 0 N–H and O–H groups in total. The zero-order chi connectivity index (χ0) is 16.7. The predicted octanol–water partition coefficient (Wildman–Crippen LogP) is 2.52. The van der Waals surface area contributed by atoms with E-state index in [-0.39, 0.29) is 41.2 Å². The summed E-state index contributed by atoms with van der Waals surface area (Å²) in [7, 11) is 0. The average Bonchev–Trinajstić information content (AvgIpc) is 3.33. The van der Waals surface area contributed by atoms with Gasteiger partial charge < -0.3 is 0 Å². The summed E-state index contributed by atoms with van der Waals surface area (Å²) < 4.78 is 13.6. The first-order valence-corrected chi connectivity index (χ1v) is 8.31. The lowest BCUT2D eigenvalue weighted by molar-refractivity contribution is -0.387. The van der Waals surface area contributed by atoms with Gasteiger partial charge in [-0.05, 0) is 55.1 Å². The largest absolute Gasteiger partial charge is 0.306 e. The van der Waals surface area contributed by atoms with E-state index >= 15 is 0 Å². The molecule has 1 aromatic carbocycles. The Labute approximate surface area is 136 Å². The van der Waals surface area contributed by atoms with Crippen molar-refractivity contribution >= 4 is 23.2 Å². The topological polar surface area (TPSA) is 80.5 Å². The summed E-state index contributed by atoms with van der Waals surface area (Å²) in [6.07, 6.45) is 3.11. The molecule has 0 aromatic heterocycles. The molecule has 6 atom stereocenters. The van der Waals surface area contributed by atoms with Crippen molar-refractivity contribution in [3.8, 4) is 0 Å². The van der Waals surface area contributed by atoms with E-state index in [2.05, 4.69) is 0 Å². The highest BCUT2D eigenvalue weighted by molar-refractivity contribution is 6.22. The van der Waals surface area contributed by atoms with Gasteiger partial charge in [-0.15, -0.1) is 0 Å². The van der Waals surface area contributed by atoms with Gasteiger partial charge in [0.05, 0.1) is 22.4 Å². The van der Waals surface area contributed by atoms with Crippen molar-refractivity contribution < 1.29 is 18.9 Å². The number of nitrogens with zero attached hydrogens (tertiary/aromatic N) is 2. The number of hydrogen-bond acceptors (Lipinski definition) is 4. The van der Waals surface area contributed by atoms with Gasteiger partial charge >= 0.3 is 5.69 Å². The standard InChI is InChI=1S/C17H15FN2O4/c18-12-4-1-7(5-13(12)20(23)24)19-16(21)14-8-2-3-9(11-6-10(8)11)15(14)17(19)22/h1,4-5,8-11,14-15H,2-3,6H2/t8-,9+,10+,11-,14-,15+. The number of hydrogen-bond donors (Lipinski definition) is 0. The monoisotopic (exact) mass is 330 g/mol. The third kappa shape index (κ3) is 1.59. The second-order valence-corrected chi connectivity index (χ2v) is 7.42. The number of carbonyl (C=O) groups is 2. The van der Waals surface area contributed by atoms with Crippen LogP contribution in [0.25, 0.3) is 0 Å². The molecule has 1 saturated heterocycles. The highest BCUT2D eigenvalue weighted by atomic mass is 19.1. The zero-order valence-electron chi connectivity index (χ0n) is 12.7. The first-order chi connectivity index (χ1) is 11.5. The van der Waals surface area contributed by atoms with Gasteiger partial charge in [-0.25, -0.2) is 4.90 Å². The minimum absolute atomic E-state index is 0.112. The Morgan fingerprint density at radius 3 is 2.17 bits per heavy atom. The molecule has 1 heterocycles. The van der Waals surface area contributed by atoms with Crippen LogP contribution >= 0.6 is 0 Å². The molecular weight excluding hydrogens is 315 g/mol. The number of anilines is 1. The molecular formula is C17H15FN2O4. The predicted molar refractivity (Wildman–Crippen MR) is 80.3 cm³/mol. The van der Waals surface area contributed by atoms with Gasteiger partial charge in [0.25, 0.3) is 0 Å². The summed E-state index contributed by atoms with van der Waals surface area (Å²) >= 11 is 0. The van der Waals surface area contributed by atoms with Gasteiger partial charge in [-0.1, -0.05) is 0 Å². The van der Waals surface area contributed by atoms with Crippen molar-refractivity contribution in [2.45, 2.75) is 19.3 Å². The van der Waals surface area contributed by atoms with Gasteiger partial charge in [-0.3, -0.25) is 19.7 Å². The molecule has 124 valence electrons. The summed E-state index contributed by atoms with van der Waals surface area (Å²) in [6.45, 7) is 0. The molecule has 5 aliphatic rings. The van der Waals surface area contributed by atoms with E-state index < -0.39 is 16.4 Å². The number of fused-ring (bicyclic) bond motifs is 1. The summed E-state index contributed by atoms with van der Waals surface area (Å²) in [5.74, 6) is -0.385. The molecule has 4 saturated carbocycles. The molecule has 5 fully saturated rings. The Bertz CT molecular complexity index is 776. The fraction of sp³-hybridized carbons (Fsp3) is 0.529. The van der Waals surface area contributed by atoms with Crippen molar-refractivity contribution in [1.29, 1.82) is 0 Å². The molecule has 4 aliphatic carbocycles. The second kappa shape index (κ2) is 4.40. The van der Waals surface area contributed by atoms with E-state index in [0.29, 0.717) is 11.8 Å². The Hall–Kier alpha value is -2.31. The van der Waals surface area contributed by atoms with E-state index in [1.54, 1.807) is 0 Å². The molecule has 1 aromatic rings. The average molecular weight is 330 g/mol. The summed E-state index contributed by atoms with van der Waals surface area (Å²) in [5, 5.41) is 10.9. The van der Waals surface area contributed by atoms with Crippen molar-refractivity contribution in [2.75, 3.05) is 4.90 Å². The minimum Gasteiger partial charge on any atom is -0.274 e. The third-order valence-corrected chi connectivity index (χ3v) is 6.53. The number of halogens is 1. The Morgan fingerprint density at radius 1 is 1.04 bits per heavy atom. The molecule has 2 amide bonds. The van der Waals surface area contributed by atoms with Crippen LogP contribution in [-0.4, -0.2) is 16.7 Å². The molecule has 0 radical (unpaired) electrons. The highest BCUT2D eigenvalue weighted by Gasteiger charge is 2.68. The van der Waals surface area contributed by atoms with Gasteiger partial charge in [0.2, 0.25) is 17.6 Å². The molecule has 6 nitrogen and oxygen atoms in total. The van der Waals surface area contributed by atoms with E-state index in [0.717, 1.165) is 36.3 Å². The lowest BCUT2D eigenvalue weighted by Gasteiger charge is -2.42. The van der Waals surface area contributed by atoms with Gasteiger partial charge in [0, 0.05) is 6.07 Å². The Balaban J connectivity index is 1.56. The smallest absolute Gasteiger partial charge is 0.274 e. The van der Waals surface area contributed by atoms with Crippen LogP contribution in [0.1, 0.15) is 19.3 Å². The minimum atomic E-state index is -0.971. The summed E-state index contributed by atoms with van der Waals surface area (Å²) in [4.78, 5) is 37.0. The summed E-state index contributed by atoms with van der Waals surface area (Å²) in [6, 6.07) is 3.21. The van der Waals surface area contributed by atoms with Crippen LogP contribution in [0, 0.1) is 51.4 Å². The maximum absolute atomic E-state index is 13.6. The molecule has 6 rings (SSSR count). The molecule has 7 heteroatoms. The van der Waals surface area contributed by atoms with Crippen LogP contribution in [0.15, 0.2) is 18.2 Å². The second-order valence-electron chi connectivity index (χ2n) is 7.42. The molecule has 2 bridgehead atoms.